The van der Waals surface area contributed by atoms with E-state index in [1.807, 2.05) is 4.90 Å². The predicted octanol–water partition coefficient (Wildman–Crippen LogP) is 4.12. The smallest absolute Gasteiger partial charge is 0.339 e. The molecule has 2 N–H and O–H groups in total. The van der Waals surface area contributed by atoms with Crippen LogP contribution in [0.25, 0.3) is 5.57 Å². The number of hydrogen-bond donors (Lipinski definition) is 2. The lowest BCUT2D eigenvalue weighted by Crippen LogP contribution is -2.43. The van der Waals surface area contributed by atoms with E-state index in [4.69, 9.17) is 23.2 Å². The van der Waals surface area contributed by atoms with Crippen LogP contribution in [-0.2, 0) is 6.54 Å². The maximum absolute atomic E-state index is 15.0. The zero-order valence-corrected chi connectivity index (χ0v) is 19.8. The number of rotatable bonds is 6. The molecule has 0 aliphatic carbocycles. The van der Waals surface area contributed by atoms with E-state index in [1.165, 1.54) is 16.7 Å². The van der Waals surface area contributed by atoms with Gasteiger partial charge in [0.2, 0.25) is 0 Å². The van der Waals surface area contributed by atoms with Crippen molar-refractivity contribution in [3.05, 3.63) is 51.2 Å². The fourth-order valence-corrected chi connectivity index (χ4v) is 4.66. The number of hydrogen-bond acceptors (Lipinski definition) is 6. The van der Waals surface area contributed by atoms with Crippen LogP contribution in [0.4, 0.5) is 20.4 Å². The molecule has 8 nitrogen and oxygen atoms in total. The van der Waals surface area contributed by atoms with Crippen molar-refractivity contribution >= 4 is 46.4 Å². The largest absolute Gasteiger partial charge is 0.478 e. The van der Waals surface area contributed by atoms with Crippen molar-refractivity contribution in [2.45, 2.75) is 50.1 Å². The van der Waals surface area contributed by atoms with Gasteiger partial charge in [0.05, 0.1) is 10.4 Å². The normalized spacial score (nSPS) is 19.3. The third-order valence-corrected chi connectivity index (χ3v) is 6.30. The number of anilines is 2. The third-order valence-electron chi connectivity index (χ3n) is 5.83. The zero-order chi connectivity index (χ0) is 24.6. The topological polar surface area (TPSA) is 100 Å². The van der Waals surface area contributed by atoms with Crippen LogP contribution in [0, 0.1) is 0 Å². The number of carboxylic acids is 1. The second-order valence-corrected chi connectivity index (χ2v) is 9.46. The van der Waals surface area contributed by atoms with E-state index >= 15 is 0 Å². The average Bonchev–Trinajstić information content (AvgIpc) is 2.78. The van der Waals surface area contributed by atoms with Gasteiger partial charge in [-0.1, -0.05) is 17.7 Å². The number of pyridine rings is 1. The lowest BCUT2D eigenvalue weighted by molar-refractivity contribution is 0.0174. The second kappa shape index (κ2) is 9.50. The molecule has 4 heterocycles. The van der Waals surface area contributed by atoms with Gasteiger partial charge in [0, 0.05) is 44.4 Å². The molecule has 1 fully saturated rings. The molecule has 1 saturated heterocycles. The summed E-state index contributed by atoms with van der Waals surface area (Å²) in [4.78, 5) is 35.1. The number of nitrogens with one attached hydrogen (secondary N) is 1. The highest BCUT2D eigenvalue weighted by atomic mass is 35.5. The molecule has 0 amide bonds. The van der Waals surface area contributed by atoms with Crippen LogP contribution in [-0.4, -0.2) is 56.0 Å². The first-order valence-electron chi connectivity index (χ1n) is 10.8. The molecule has 2 aromatic rings. The van der Waals surface area contributed by atoms with Crippen molar-refractivity contribution in [2.75, 3.05) is 23.3 Å². The minimum Gasteiger partial charge on any atom is -0.478 e. The molecule has 4 rings (SSSR count). The second-order valence-electron chi connectivity index (χ2n) is 8.46. The molecule has 182 valence electrons. The molecule has 0 unspecified atom stereocenters. The first-order valence-corrected chi connectivity index (χ1v) is 11.6. The summed E-state index contributed by atoms with van der Waals surface area (Å²) in [6, 6.07) is 0.752. The van der Waals surface area contributed by atoms with Gasteiger partial charge in [-0.15, -0.1) is 11.6 Å². The van der Waals surface area contributed by atoms with Crippen molar-refractivity contribution in [1.82, 2.24) is 14.5 Å². The van der Waals surface area contributed by atoms with Crippen LogP contribution >= 0.6 is 23.2 Å². The van der Waals surface area contributed by atoms with Crippen molar-refractivity contribution < 1.29 is 18.7 Å². The van der Waals surface area contributed by atoms with E-state index in [-0.39, 0.29) is 34.3 Å². The quantitative estimate of drug-likeness (QED) is 0.560. The van der Waals surface area contributed by atoms with Gasteiger partial charge >= 0.3 is 5.97 Å². The van der Waals surface area contributed by atoms with Crippen molar-refractivity contribution in [3.8, 4) is 0 Å². The van der Waals surface area contributed by atoms with E-state index in [0.29, 0.717) is 12.7 Å². The summed E-state index contributed by atoms with van der Waals surface area (Å²) in [6.07, 6.45) is 5.56. The molecule has 0 spiro atoms. The average molecular weight is 514 g/mol. The molecule has 2 aliphatic heterocycles. The molecule has 0 radical (unpaired) electrons. The first kappa shape index (κ1) is 24.4. The van der Waals surface area contributed by atoms with Crippen molar-refractivity contribution in [3.63, 3.8) is 0 Å². The molecule has 2 atom stereocenters. The lowest BCUT2D eigenvalue weighted by Gasteiger charge is -2.33. The number of alkyl halides is 3. The van der Waals surface area contributed by atoms with Crippen LogP contribution in [0.2, 0.25) is 5.02 Å². The Kier molecular flexibility index (Phi) is 6.82. The minimum atomic E-state index is -3.40. The summed E-state index contributed by atoms with van der Waals surface area (Å²) in [5, 5.41) is 11.4. The number of carbonyl (C=O) groups is 1. The summed E-state index contributed by atoms with van der Waals surface area (Å²) in [7, 11) is 0. The number of aromatic nitrogens is 3. The number of piperidine rings is 1. The fourth-order valence-electron chi connectivity index (χ4n) is 4.23. The highest BCUT2D eigenvalue weighted by Crippen LogP contribution is 2.35. The third kappa shape index (κ3) is 5.02. The van der Waals surface area contributed by atoms with Gasteiger partial charge in [-0.2, -0.15) is 0 Å². The molecule has 0 aromatic carbocycles. The summed E-state index contributed by atoms with van der Waals surface area (Å²) < 4.78 is 31.2. The van der Waals surface area contributed by atoms with Crippen molar-refractivity contribution in [2.24, 2.45) is 0 Å². The fraction of sp³-hybridized carbons (Fsp3) is 0.455. The Labute approximate surface area is 204 Å². The molecule has 2 aromatic heterocycles. The van der Waals surface area contributed by atoms with Gasteiger partial charge in [0.15, 0.2) is 0 Å². The van der Waals surface area contributed by atoms with Gasteiger partial charge < -0.3 is 15.3 Å². The van der Waals surface area contributed by atoms with Crippen LogP contribution in [0.3, 0.4) is 0 Å². The molecule has 0 bridgehead atoms. The summed E-state index contributed by atoms with van der Waals surface area (Å²) in [6.45, 7) is 2.20. The van der Waals surface area contributed by atoms with E-state index in [1.54, 1.807) is 0 Å². The Morgan fingerprint density at radius 3 is 2.65 bits per heavy atom. The maximum Gasteiger partial charge on any atom is 0.339 e. The summed E-state index contributed by atoms with van der Waals surface area (Å²) in [5.41, 5.74) is -0.772. The molecule has 0 saturated carbocycles. The minimum absolute atomic E-state index is 0.0113. The van der Waals surface area contributed by atoms with Gasteiger partial charge in [-0.05, 0) is 25.3 Å². The van der Waals surface area contributed by atoms with E-state index in [2.05, 4.69) is 15.3 Å². The monoisotopic (exact) mass is 513 g/mol. The maximum atomic E-state index is 15.0. The molecule has 34 heavy (non-hydrogen) atoms. The van der Waals surface area contributed by atoms with Crippen LogP contribution in [0.15, 0.2) is 29.2 Å². The predicted molar refractivity (Wildman–Crippen MR) is 126 cm³/mol. The number of fused-ring (bicyclic) bond motifs is 1. The number of nitrogens with zero attached hydrogens (tertiary/aromatic N) is 4. The number of halogens is 4. The summed E-state index contributed by atoms with van der Waals surface area (Å²) in [5.74, 6) is -4.59. The molecule has 2 aliphatic rings. The van der Waals surface area contributed by atoms with Gasteiger partial charge in [0.1, 0.15) is 29.1 Å². The van der Waals surface area contributed by atoms with Gasteiger partial charge in [0.25, 0.3) is 11.5 Å². The number of carboxylic acid groups (broad SMARTS) is 1. The Morgan fingerprint density at radius 2 is 2.00 bits per heavy atom. The Hall–Kier alpha value is -2.72. The van der Waals surface area contributed by atoms with Gasteiger partial charge in [-0.3, -0.25) is 9.36 Å². The van der Waals surface area contributed by atoms with Crippen LogP contribution < -0.4 is 15.8 Å². The molecular weight excluding hydrogens is 491 g/mol. The van der Waals surface area contributed by atoms with E-state index < -0.39 is 28.9 Å². The lowest BCUT2D eigenvalue weighted by atomic mass is 9.96. The van der Waals surface area contributed by atoms with Crippen LogP contribution in [0.5, 0.6) is 0 Å². The number of aromatic carboxylic acids is 1. The summed E-state index contributed by atoms with van der Waals surface area (Å²) >= 11 is 12.2. The Balaban J connectivity index is 1.82. The standard InChI is InChI=1S/C22H23Cl2F2N5O3/c1-22(25,26)18(29-19-15(21(33)34)7-12(23)10-27-19)14-8-13(24)11-31-17(32)9-16(28-20(14)31)30-5-3-2-4-6-30/h7-10,13,18H,2-6,11H2,1H3,(H,27,29)(H,33,34)/t13-,18+/m1/s1. The number of allylic oxidation sites excluding steroid dienone is 1. The Morgan fingerprint density at radius 1 is 1.29 bits per heavy atom. The highest BCUT2D eigenvalue weighted by molar-refractivity contribution is 6.30. The van der Waals surface area contributed by atoms with E-state index in [0.717, 1.165) is 44.6 Å². The van der Waals surface area contributed by atoms with Crippen LogP contribution in [0.1, 0.15) is 42.4 Å². The Bertz CT molecular complexity index is 1190. The van der Waals surface area contributed by atoms with Crippen molar-refractivity contribution in [1.29, 1.82) is 0 Å². The molecule has 12 heteroatoms. The SMILES string of the molecule is CC(F)(F)[C@@H](Nc1ncc(Cl)cc1C(=O)O)C1=C[C@@H](Cl)Cn2c1nc(N1CCCCC1)cc2=O. The van der Waals surface area contributed by atoms with Gasteiger partial charge in [-0.25, -0.2) is 23.5 Å². The highest BCUT2D eigenvalue weighted by Gasteiger charge is 2.41. The zero-order valence-electron chi connectivity index (χ0n) is 18.3. The van der Waals surface area contributed by atoms with E-state index in [9.17, 15) is 23.5 Å². The molecular formula is C22H23Cl2F2N5O3. The first-order chi connectivity index (χ1) is 16.0.